The van der Waals surface area contributed by atoms with Gasteiger partial charge in [-0.3, -0.25) is 14.4 Å². The van der Waals surface area contributed by atoms with Crippen molar-refractivity contribution < 1.29 is 0 Å². The Balaban J connectivity index is 1.40. The smallest absolute Gasteiger partial charge is 0.146 e. The average Bonchev–Trinajstić information content (AvgIpc) is 3.58. The van der Waals surface area contributed by atoms with Crippen molar-refractivity contribution in [3.05, 3.63) is 108 Å². The van der Waals surface area contributed by atoms with E-state index in [-0.39, 0.29) is 0 Å². The van der Waals surface area contributed by atoms with Crippen LogP contribution >= 0.6 is 0 Å². The van der Waals surface area contributed by atoms with E-state index in [4.69, 9.17) is 9.97 Å². The van der Waals surface area contributed by atoms with Crippen molar-refractivity contribution in [3.8, 4) is 22.3 Å². The molecule has 0 fully saturated rings. The predicted molar refractivity (Wildman–Crippen MR) is 140 cm³/mol. The van der Waals surface area contributed by atoms with Crippen molar-refractivity contribution in [2.24, 2.45) is 0 Å². The molecule has 2 aliphatic carbocycles. The van der Waals surface area contributed by atoms with Gasteiger partial charge in [0.15, 0.2) is 0 Å². The number of benzene rings is 3. The molecule has 3 aromatic carbocycles. The first-order valence-electron chi connectivity index (χ1n) is 12.0. The Bertz CT molecular complexity index is 2070. The molecule has 0 atom stereocenters. The van der Waals surface area contributed by atoms with Gasteiger partial charge in [0.2, 0.25) is 0 Å². The fraction of sp³-hybridized carbons (Fsp3) is 0.0645. The summed E-state index contributed by atoms with van der Waals surface area (Å²) in [5, 5.41) is 2.31. The number of nitrogens with zero attached hydrogens (tertiary/aromatic N) is 4. The summed E-state index contributed by atoms with van der Waals surface area (Å²) in [6.07, 6.45) is 7.57. The molecule has 0 aliphatic heterocycles. The number of rotatable bonds is 0. The molecule has 4 aromatic heterocycles. The SMILES string of the molecule is c1ccc2c(c1)Cc1ccc3c(c1-2)Cc1cc2c(cc1-3)c1ncccc1n1c3cnccc3nc21. The molecule has 4 nitrogen and oxygen atoms in total. The lowest BCUT2D eigenvalue weighted by Crippen LogP contribution is -1.94. The minimum absolute atomic E-state index is 0.951. The highest BCUT2D eigenvalue weighted by atomic mass is 15.0. The molecular weight excluding hydrogens is 428 g/mol. The summed E-state index contributed by atoms with van der Waals surface area (Å²) in [6.45, 7) is 0. The molecule has 0 radical (unpaired) electrons. The summed E-state index contributed by atoms with van der Waals surface area (Å²) >= 11 is 0. The van der Waals surface area contributed by atoms with E-state index in [1.807, 2.05) is 30.7 Å². The second kappa shape index (κ2) is 6.10. The lowest BCUT2D eigenvalue weighted by atomic mass is 9.95. The second-order valence-electron chi connectivity index (χ2n) is 9.70. The van der Waals surface area contributed by atoms with Gasteiger partial charge in [0.05, 0.1) is 28.3 Å². The summed E-state index contributed by atoms with van der Waals surface area (Å²) in [5.41, 5.74) is 16.3. The number of fused-ring (bicyclic) bond motifs is 15. The van der Waals surface area contributed by atoms with Crippen LogP contribution in [0.15, 0.2) is 85.3 Å². The van der Waals surface area contributed by atoms with Gasteiger partial charge in [-0.2, -0.15) is 0 Å². The van der Waals surface area contributed by atoms with Gasteiger partial charge in [0, 0.05) is 23.2 Å². The Hall–Kier alpha value is -4.57. The van der Waals surface area contributed by atoms with E-state index >= 15 is 0 Å². The number of hydrogen-bond donors (Lipinski definition) is 0. The van der Waals surface area contributed by atoms with Crippen LogP contribution in [-0.4, -0.2) is 19.4 Å². The van der Waals surface area contributed by atoms with E-state index < -0.39 is 0 Å². The van der Waals surface area contributed by atoms with E-state index in [0.717, 1.165) is 51.3 Å². The molecule has 0 spiro atoms. The monoisotopic (exact) mass is 446 g/mol. The summed E-state index contributed by atoms with van der Waals surface area (Å²) in [7, 11) is 0. The quantitative estimate of drug-likeness (QED) is 0.243. The standard InChI is InChI=1S/C31H18N4/c1-2-5-20-17(4-1)12-18-7-8-21-22-15-24-25(14-19(22)13-23(21)29(18)20)31-34-26-9-11-32-16-28(26)35(31)27-6-3-10-33-30(24)27/h1-11,14-16H,12-13H2. The van der Waals surface area contributed by atoms with Crippen LogP contribution in [0.3, 0.4) is 0 Å². The third kappa shape index (κ3) is 2.15. The first kappa shape index (κ1) is 17.8. The molecule has 162 valence electrons. The van der Waals surface area contributed by atoms with Crippen LogP contribution in [-0.2, 0) is 12.8 Å². The van der Waals surface area contributed by atoms with Crippen LogP contribution in [0.5, 0.6) is 0 Å². The topological polar surface area (TPSA) is 43.1 Å². The van der Waals surface area contributed by atoms with Crippen LogP contribution in [0.1, 0.15) is 22.3 Å². The summed E-state index contributed by atoms with van der Waals surface area (Å²) in [5.74, 6) is 0. The van der Waals surface area contributed by atoms with Crippen LogP contribution in [0.25, 0.3) is 60.7 Å². The minimum Gasteiger partial charge on any atom is -0.289 e. The number of aromatic nitrogens is 4. The molecule has 0 unspecified atom stereocenters. The van der Waals surface area contributed by atoms with Gasteiger partial charge < -0.3 is 0 Å². The highest BCUT2D eigenvalue weighted by molar-refractivity contribution is 6.14. The number of imidazole rings is 1. The zero-order valence-electron chi connectivity index (χ0n) is 18.8. The van der Waals surface area contributed by atoms with Crippen LogP contribution in [0.4, 0.5) is 0 Å². The highest BCUT2D eigenvalue weighted by Gasteiger charge is 2.29. The molecular formula is C31H18N4. The minimum atomic E-state index is 0.951. The first-order chi connectivity index (χ1) is 17.3. The van der Waals surface area contributed by atoms with Crippen molar-refractivity contribution in [2.75, 3.05) is 0 Å². The first-order valence-corrected chi connectivity index (χ1v) is 12.0. The molecule has 0 N–H and O–H groups in total. The van der Waals surface area contributed by atoms with Crippen LogP contribution < -0.4 is 0 Å². The Kier molecular flexibility index (Phi) is 3.11. The summed E-state index contributed by atoms with van der Waals surface area (Å²) in [6, 6.07) is 24.4. The predicted octanol–water partition coefficient (Wildman–Crippen LogP) is 6.73. The maximum absolute atomic E-state index is 5.05. The van der Waals surface area contributed by atoms with Crippen LogP contribution in [0, 0.1) is 0 Å². The molecule has 4 heteroatoms. The maximum atomic E-state index is 5.05. The molecule has 7 aromatic rings. The third-order valence-corrected chi connectivity index (χ3v) is 7.95. The largest absolute Gasteiger partial charge is 0.289 e. The third-order valence-electron chi connectivity index (χ3n) is 7.95. The Morgan fingerprint density at radius 3 is 2.66 bits per heavy atom. The highest BCUT2D eigenvalue weighted by Crippen LogP contribution is 2.49. The lowest BCUT2D eigenvalue weighted by molar-refractivity contribution is 1.23. The zero-order valence-corrected chi connectivity index (χ0v) is 18.8. The number of hydrogen-bond acceptors (Lipinski definition) is 3. The van der Waals surface area contributed by atoms with Gasteiger partial charge in [-0.15, -0.1) is 0 Å². The molecule has 9 rings (SSSR count). The van der Waals surface area contributed by atoms with Gasteiger partial charge in [-0.25, -0.2) is 4.98 Å². The van der Waals surface area contributed by atoms with E-state index in [9.17, 15) is 0 Å². The fourth-order valence-electron chi connectivity index (χ4n) is 6.48. The van der Waals surface area contributed by atoms with Crippen molar-refractivity contribution >= 4 is 38.5 Å². The molecule has 0 saturated heterocycles. The molecule has 0 bridgehead atoms. The molecule has 0 amide bonds. The van der Waals surface area contributed by atoms with Crippen molar-refractivity contribution in [3.63, 3.8) is 0 Å². The Morgan fingerprint density at radius 1 is 0.686 bits per heavy atom. The zero-order chi connectivity index (χ0) is 22.7. The summed E-state index contributed by atoms with van der Waals surface area (Å²) < 4.78 is 2.22. The van der Waals surface area contributed by atoms with Gasteiger partial charge in [-0.1, -0.05) is 36.4 Å². The van der Waals surface area contributed by atoms with Gasteiger partial charge >= 0.3 is 0 Å². The maximum Gasteiger partial charge on any atom is 0.146 e. The molecule has 4 heterocycles. The molecule has 2 aliphatic rings. The average molecular weight is 447 g/mol. The Morgan fingerprint density at radius 2 is 1.66 bits per heavy atom. The van der Waals surface area contributed by atoms with E-state index in [1.54, 1.807) is 0 Å². The number of pyridine rings is 3. The van der Waals surface area contributed by atoms with Crippen molar-refractivity contribution in [2.45, 2.75) is 12.8 Å². The normalized spacial score (nSPS) is 13.5. The van der Waals surface area contributed by atoms with Crippen LogP contribution in [0.2, 0.25) is 0 Å². The van der Waals surface area contributed by atoms with Crippen molar-refractivity contribution in [1.82, 2.24) is 19.4 Å². The van der Waals surface area contributed by atoms with Gasteiger partial charge in [0.25, 0.3) is 0 Å². The molecule has 35 heavy (non-hydrogen) atoms. The summed E-state index contributed by atoms with van der Waals surface area (Å²) in [4.78, 5) is 14.3. The van der Waals surface area contributed by atoms with E-state index in [2.05, 4.69) is 64.0 Å². The van der Waals surface area contributed by atoms with Gasteiger partial charge in [0.1, 0.15) is 5.65 Å². The van der Waals surface area contributed by atoms with Gasteiger partial charge in [-0.05, 0) is 87.7 Å². The lowest BCUT2D eigenvalue weighted by Gasteiger charge is -2.11. The molecule has 0 saturated carbocycles. The van der Waals surface area contributed by atoms with E-state index in [1.165, 1.54) is 44.5 Å². The second-order valence-corrected chi connectivity index (χ2v) is 9.70. The van der Waals surface area contributed by atoms with Crippen molar-refractivity contribution in [1.29, 1.82) is 0 Å². The fourth-order valence-corrected chi connectivity index (χ4v) is 6.48. The Labute approximate surface area is 200 Å². The van der Waals surface area contributed by atoms with E-state index in [0.29, 0.717) is 0 Å².